The summed E-state index contributed by atoms with van der Waals surface area (Å²) in [6.07, 6.45) is 18.4. The van der Waals surface area contributed by atoms with Crippen LogP contribution in [0.3, 0.4) is 0 Å². The van der Waals surface area contributed by atoms with Gasteiger partial charge in [-0.25, -0.2) is 17.9 Å². The van der Waals surface area contributed by atoms with Crippen LogP contribution in [0.25, 0.3) is 0 Å². The minimum absolute atomic E-state index is 0.0450. The number of carbonyl (C=O) groups is 3. The molecule has 0 bridgehead atoms. The minimum Gasteiger partial charge on any atom is -0.486 e. The fourth-order valence-electron chi connectivity index (χ4n) is 5.24. The van der Waals surface area contributed by atoms with Crippen molar-refractivity contribution in [1.29, 1.82) is 0 Å². The molecule has 0 aliphatic heterocycles. The summed E-state index contributed by atoms with van der Waals surface area (Å²) in [5.74, 6) is -3.09. The van der Waals surface area contributed by atoms with Crippen LogP contribution in [0.4, 0.5) is 17.2 Å². The van der Waals surface area contributed by atoms with E-state index in [1.165, 1.54) is 89.5 Å². The van der Waals surface area contributed by atoms with Gasteiger partial charge in [-0.1, -0.05) is 123 Å². The number of halogens is 1. The van der Waals surface area contributed by atoms with Crippen molar-refractivity contribution in [3.8, 4) is 0 Å². The van der Waals surface area contributed by atoms with Crippen molar-refractivity contribution in [1.82, 2.24) is 9.78 Å². The molecule has 0 fully saturated rings. The lowest BCUT2D eigenvalue weighted by molar-refractivity contribution is -0.135. The van der Waals surface area contributed by atoms with E-state index in [0.29, 0.717) is 6.42 Å². The van der Waals surface area contributed by atoms with E-state index in [1.54, 1.807) is 20.8 Å². The number of hydrogen-bond donors (Lipinski definition) is 3. The number of sulfonamides is 1. The molecule has 0 spiro atoms. The molecule has 0 aliphatic carbocycles. The number of hydrogen-bond acceptors (Lipinski definition) is 8. The van der Waals surface area contributed by atoms with Gasteiger partial charge in [-0.15, -0.1) is 0 Å². The molecule has 14 heteroatoms. The summed E-state index contributed by atoms with van der Waals surface area (Å²) < 4.78 is 33.9. The molecular formula is C35H54ClN5O7S. The molecule has 0 radical (unpaired) electrons. The number of carboxylic acid groups (broad SMARTS) is 1. The number of aromatic nitrogens is 2. The molecular weight excluding hydrogens is 670 g/mol. The van der Waals surface area contributed by atoms with Crippen LogP contribution in [-0.2, 0) is 24.3 Å². The smallest absolute Gasteiger partial charge is 0.341 e. The summed E-state index contributed by atoms with van der Waals surface area (Å²) in [6.45, 7) is 7.07. The van der Waals surface area contributed by atoms with E-state index in [2.05, 4.69) is 27.1 Å². The highest BCUT2D eigenvalue weighted by atomic mass is 35.5. The Kier molecular flexibility index (Phi) is 17.8. The summed E-state index contributed by atoms with van der Waals surface area (Å²) in [7, 11) is -2.35. The molecule has 2 aromatic rings. The van der Waals surface area contributed by atoms with Gasteiger partial charge in [0.15, 0.2) is 24.0 Å². The number of nitrogens with one attached hydrogen (secondary N) is 2. The van der Waals surface area contributed by atoms with Crippen LogP contribution < -0.4 is 10.0 Å². The lowest BCUT2D eigenvalue weighted by atomic mass is 9.86. The number of benzene rings is 1. The summed E-state index contributed by atoms with van der Waals surface area (Å²) in [6, 6.07) is 2.67. The number of nitrogens with zero attached hydrogens (tertiary/aromatic N) is 3. The van der Waals surface area contributed by atoms with Gasteiger partial charge in [-0.05, 0) is 24.6 Å². The first-order chi connectivity index (χ1) is 23.2. The van der Waals surface area contributed by atoms with Gasteiger partial charge in [0.05, 0.1) is 29.3 Å². The summed E-state index contributed by atoms with van der Waals surface area (Å²) in [5.41, 5.74) is -1.13. The largest absolute Gasteiger partial charge is 0.486 e. The standard InChI is InChI=1S/C35H54ClN5O7S/c1-6-7-8-9-10-11-12-13-14-15-16-17-18-19-22-49(46,47)40-26-20-21-28(36)29(23-26)38-33(43)30(31(42)35(2,3)4)41-24-27(34(44)45)32(39-41)37-25-48-5/h20-21,23-25,30,40H,6-19,22H2,1-5H3,(H,38,43)(H,44,45). The van der Waals surface area contributed by atoms with Crippen LogP contribution in [-0.4, -0.2) is 60.2 Å². The Bertz CT molecular complexity index is 1500. The van der Waals surface area contributed by atoms with Crippen molar-refractivity contribution in [2.45, 2.75) is 124 Å². The normalized spacial score (nSPS) is 12.6. The van der Waals surface area contributed by atoms with Crippen LogP contribution in [0.5, 0.6) is 0 Å². The Hall–Kier alpha value is -3.45. The molecule has 12 nitrogen and oxygen atoms in total. The Labute approximate surface area is 296 Å². The van der Waals surface area contributed by atoms with E-state index < -0.39 is 39.1 Å². The zero-order valence-corrected chi connectivity index (χ0v) is 31.2. The number of Topliss-reactive ketones (excluding diaryl/α,β-unsaturated/α-hetero) is 1. The number of aliphatic imine (C=N–C) groups is 1. The first-order valence-corrected chi connectivity index (χ1v) is 19.3. The number of aromatic carboxylic acids is 1. The highest BCUT2D eigenvalue weighted by molar-refractivity contribution is 7.92. The van der Waals surface area contributed by atoms with Crippen molar-refractivity contribution >= 4 is 62.9 Å². The first-order valence-electron chi connectivity index (χ1n) is 17.2. The van der Waals surface area contributed by atoms with Crippen molar-refractivity contribution in [3.05, 3.63) is 35.0 Å². The number of methoxy groups -OCH3 is 1. The van der Waals surface area contributed by atoms with E-state index in [9.17, 15) is 27.9 Å². The topological polar surface area (TPSA) is 169 Å². The van der Waals surface area contributed by atoms with Gasteiger partial charge in [0, 0.05) is 11.6 Å². The second-order valence-corrected chi connectivity index (χ2v) is 15.6. The predicted octanol–water partition coefficient (Wildman–Crippen LogP) is 8.56. The lowest BCUT2D eigenvalue weighted by Gasteiger charge is -2.24. The quantitative estimate of drug-likeness (QED) is 0.0419. The summed E-state index contributed by atoms with van der Waals surface area (Å²) in [5, 5.41) is 16.4. The maximum Gasteiger partial charge on any atom is 0.341 e. The van der Waals surface area contributed by atoms with Crippen molar-refractivity contribution in [2.24, 2.45) is 10.4 Å². The minimum atomic E-state index is -3.67. The molecule has 1 unspecified atom stereocenters. The number of anilines is 2. The summed E-state index contributed by atoms with van der Waals surface area (Å²) >= 11 is 6.35. The zero-order chi connectivity index (χ0) is 36.5. The Morgan fingerprint density at radius 3 is 2.04 bits per heavy atom. The number of ether oxygens (including phenoxy) is 1. The molecule has 0 saturated heterocycles. The first kappa shape index (κ1) is 41.7. The van der Waals surface area contributed by atoms with Crippen LogP contribution in [0, 0.1) is 5.41 Å². The van der Waals surface area contributed by atoms with Crippen molar-refractivity contribution < 1.29 is 32.6 Å². The third-order valence-electron chi connectivity index (χ3n) is 7.99. The number of unbranched alkanes of at least 4 members (excludes halogenated alkanes) is 13. The maximum atomic E-state index is 13.6. The molecule has 1 atom stereocenters. The van der Waals surface area contributed by atoms with Crippen LogP contribution in [0.15, 0.2) is 29.4 Å². The molecule has 1 amide bonds. The van der Waals surface area contributed by atoms with Crippen molar-refractivity contribution in [2.75, 3.05) is 22.9 Å². The fraction of sp³-hybridized carbons (Fsp3) is 0.629. The third-order valence-corrected chi connectivity index (χ3v) is 9.69. The molecule has 1 aromatic carbocycles. The van der Waals surface area contributed by atoms with Crippen LogP contribution in [0.1, 0.15) is 134 Å². The van der Waals surface area contributed by atoms with Gasteiger partial charge in [-0.2, -0.15) is 10.1 Å². The number of rotatable bonds is 24. The number of carbonyl (C=O) groups excluding carboxylic acids is 2. The highest BCUT2D eigenvalue weighted by Crippen LogP contribution is 2.31. The molecule has 49 heavy (non-hydrogen) atoms. The van der Waals surface area contributed by atoms with E-state index in [4.69, 9.17) is 16.3 Å². The Morgan fingerprint density at radius 2 is 1.53 bits per heavy atom. The van der Waals surface area contributed by atoms with Gasteiger partial charge in [0.25, 0.3) is 5.91 Å². The third kappa shape index (κ3) is 14.9. The lowest BCUT2D eigenvalue weighted by Crippen LogP contribution is -2.39. The molecule has 3 N–H and O–H groups in total. The second-order valence-electron chi connectivity index (χ2n) is 13.3. The highest BCUT2D eigenvalue weighted by Gasteiger charge is 2.38. The second kappa shape index (κ2) is 20.9. The van der Waals surface area contributed by atoms with E-state index in [-0.39, 0.29) is 33.5 Å². The Balaban J connectivity index is 1.98. The number of amides is 1. The molecule has 0 saturated carbocycles. The van der Waals surface area contributed by atoms with Gasteiger partial charge in [-0.3, -0.25) is 14.3 Å². The number of carboxylic acids is 1. The van der Waals surface area contributed by atoms with Crippen molar-refractivity contribution in [3.63, 3.8) is 0 Å². The van der Waals surface area contributed by atoms with Crippen LogP contribution >= 0.6 is 11.6 Å². The number of ketones is 1. The van der Waals surface area contributed by atoms with E-state index >= 15 is 0 Å². The zero-order valence-electron chi connectivity index (χ0n) is 29.6. The average Bonchev–Trinajstić information content (AvgIpc) is 3.45. The van der Waals surface area contributed by atoms with E-state index in [0.717, 1.165) is 36.5 Å². The fourth-order valence-corrected chi connectivity index (χ4v) is 6.57. The molecule has 274 valence electrons. The molecule has 2 rings (SSSR count). The summed E-state index contributed by atoms with van der Waals surface area (Å²) in [4.78, 5) is 42.7. The SMILES string of the molecule is CCCCCCCCCCCCCCCCS(=O)(=O)Nc1ccc(Cl)c(NC(=O)C(C(=O)C(C)(C)C)n2cc(C(=O)O)c(N=COC)n2)c1. The van der Waals surface area contributed by atoms with Gasteiger partial charge in [0.1, 0.15) is 5.56 Å². The monoisotopic (exact) mass is 723 g/mol. The Morgan fingerprint density at radius 1 is 0.980 bits per heavy atom. The van der Waals surface area contributed by atoms with Gasteiger partial charge >= 0.3 is 5.97 Å². The predicted molar refractivity (Wildman–Crippen MR) is 196 cm³/mol. The van der Waals surface area contributed by atoms with Gasteiger partial charge < -0.3 is 15.2 Å². The molecule has 1 heterocycles. The van der Waals surface area contributed by atoms with Crippen LogP contribution in [0.2, 0.25) is 5.02 Å². The average molecular weight is 724 g/mol. The maximum absolute atomic E-state index is 13.6. The molecule has 1 aromatic heterocycles. The molecule has 0 aliphatic rings. The van der Waals surface area contributed by atoms with Gasteiger partial charge in [0.2, 0.25) is 10.0 Å². The van der Waals surface area contributed by atoms with E-state index in [1.807, 2.05) is 0 Å².